The average molecular weight is 230 g/mol. The summed E-state index contributed by atoms with van der Waals surface area (Å²) in [7, 11) is 0. The van der Waals surface area contributed by atoms with Crippen molar-refractivity contribution in [1.82, 2.24) is 20.4 Å². The first-order valence-corrected chi connectivity index (χ1v) is 5.46. The van der Waals surface area contributed by atoms with Crippen molar-refractivity contribution in [2.75, 3.05) is 0 Å². The Morgan fingerprint density at radius 3 is 2.06 bits per heavy atom. The molecular weight excluding hydrogens is 216 g/mol. The van der Waals surface area contributed by atoms with E-state index in [1.807, 2.05) is 38.1 Å². The Kier molecular flexibility index (Phi) is 3.27. The second-order valence-corrected chi connectivity index (χ2v) is 3.96. The minimum absolute atomic E-state index is 0.166. The number of benzene rings is 1. The molecule has 5 heteroatoms. The number of hydrogen-bond donors (Lipinski definition) is 0. The molecule has 0 unspecified atom stereocenters. The van der Waals surface area contributed by atoms with Gasteiger partial charge in [0.1, 0.15) is 5.75 Å². The highest BCUT2D eigenvalue weighted by atomic mass is 16.5. The van der Waals surface area contributed by atoms with Crippen LogP contribution >= 0.6 is 0 Å². The van der Waals surface area contributed by atoms with E-state index >= 15 is 0 Å². The zero-order chi connectivity index (χ0) is 12.3. The monoisotopic (exact) mass is 230 g/mol. The van der Waals surface area contributed by atoms with E-state index in [0.29, 0.717) is 11.6 Å². The predicted molar refractivity (Wildman–Crippen MR) is 63.6 cm³/mol. The first-order chi connectivity index (χ1) is 8.15. The molecule has 17 heavy (non-hydrogen) atoms. The predicted octanol–water partition coefficient (Wildman–Crippen LogP) is 2.03. The van der Waals surface area contributed by atoms with E-state index < -0.39 is 0 Å². The van der Waals surface area contributed by atoms with Gasteiger partial charge in [-0.05, 0) is 45.0 Å². The van der Waals surface area contributed by atoms with Crippen molar-refractivity contribution in [3.8, 4) is 17.1 Å². The minimum Gasteiger partial charge on any atom is -0.491 e. The highest BCUT2D eigenvalue weighted by Gasteiger charge is 2.03. The maximum Gasteiger partial charge on any atom is 0.203 e. The molecule has 2 rings (SSSR count). The molecule has 0 aliphatic carbocycles. The zero-order valence-electron chi connectivity index (χ0n) is 10.1. The zero-order valence-corrected chi connectivity index (χ0v) is 10.1. The van der Waals surface area contributed by atoms with Crippen LogP contribution in [0, 0.1) is 6.92 Å². The highest BCUT2D eigenvalue weighted by Crippen LogP contribution is 2.19. The molecule has 0 atom stereocenters. The fourth-order valence-corrected chi connectivity index (χ4v) is 1.35. The van der Waals surface area contributed by atoms with Crippen LogP contribution in [-0.4, -0.2) is 26.5 Å². The molecule has 0 fully saturated rings. The lowest BCUT2D eigenvalue weighted by molar-refractivity contribution is 0.242. The summed E-state index contributed by atoms with van der Waals surface area (Å²) in [6, 6.07) is 7.56. The Balaban J connectivity index is 2.20. The molecule has 1 aromatic heterocycles. The topological polar surface area (TPSA) is 60.8 Å². The SMILES string of the molecule is Cc1nnc(-c2ccc(OC(C)C)cc2)nn1. The normalized spacial score (nSPS) is 10.6. The second-order valence-electron chi connectivity index (χ2n) is 3.96. The van der Waals surface area contributed by atoms with Crippen LogP contribution in [-0.2, 0) is 0 Å². The highest BCUT2D eigenvalue weighted by molar-refractivity contribution is 5.54. The Hall–Kier alpha value is -2.04. The molecule has 5 nitrogen and oxygen atoms in total. The van der Waals surface area contributed by atoms with Gasteiger partial charge in [-0.1, -0.05) is 0 Å². The molecule has 1 aromatic carbocycles. The summed E-state index contributed by atoms with van der Waals surface area (Å²) in [6.45, 7) is 5.74. The number of aryl methyl sites for hydroxylation is 1. The number of rotatable bonds is 3. The number of hydrogen-bond acceptors (Lipinski definition) is 5. The molecule has 88 valence electrons. The van der Waals surface area contributed by atoms with Crippen LogP contribution < -0.4 is 4.74 Å². The maximum absolute atomic E-state index is 5.55. The Labute approximate surface area is 99.9 Å². The Bertz CT molecular complexity index is 479. The lowest BCUT2D eigenvalue weighted by atomic mass is 10.2. The van der Waals surface area contributed by atoms with Crippen LogP contribution in [0.1, 0.15) is 19.7 Å². The molecule has 0 N–H and O–H groups in total. The summed E-state index contributed by atoms with van der Waals surface area (Å²) in [5.41, 5.74) is 0.876. The molecule has 0 aliphatic rings. The summed E-state index contributed by atoms with van der Waals surface area (Å²) >= 11 is 0. The Morgan fingerprint density at radius 2 is 1.53 bits per heavy atom. The average Bonchev–Trinajstić information content (AvgIpc) is 2.30. The van der Waals surface area contributed by atoms with Gasteiger partial charge in [0.25, 0.3) is 0 Å². The van der Waals surface area contributed by atoms with Gasteiger partial charge in [-0.15, -0.1) is 20.4 Å². The molecule has 0 aliphatic heterocycles. The quantitative estimate of drug-likeness (QED) is 0.807. The van der Waals surface area contributed by atoms with Crippen molar-refractivity contribution >= 4 is 0 Å². The van der Waals surface area contributed by atoms with Crippen LogP contribution in [0.3, 0.4) is 0 Å². The molecule has 0 saturated heterocycles. The van der Waals surface area contributed by atoms with Crippen molar-refractivity contribution in [2.24, 2.45) is 0 Å². The molecule has 0 saturated carbocycles. The van der Waals surface area contributed by atoms with Gasteiger partial charge < -0.3 is 4.74 Å². The van der Waals surface area contributed by atoms with Gasteiger partial charge in [0.2, 0.25) is 5.82 Å². The number of aromatic nitrogens is 4. The molecule has 2 aromatic rings. The van der Waals surface area contributed by atoms with Crippen LogP contribution in [0.15, 0.2) is 24.3 Å². The van der Waals surface area contributed by atoms with Crippen molar-refractivity contribution < 1.29 is 4.74 Å². The second kappa shape index (κ2) is 4.86. The van der Waals surface area contributed by atoms with Crippen molar-refractivity contribution in [3.05, 3.63) is 30.1 Å². The van der Waals surface area contributed by atoms with Gasteiger partial charge in [-0.2, -0.15) is 0 Å². The first-order valence-electron chi connectivity index (χ1n) is 5.46. The Morgan fingerprint density at radius 1 is 0.941 bits per heavy atom. The van der Waals surface area contributed by atoms with E-state index in [0.717, 1.165) is 11.3 Å². The maximum atomic E-state index is 5.55. The number of nitrogens with zero attached hydrogens (tertiary/aromatic N) is 4. The van der Waals surface area contributed by atoms with E-state index in [-0.39, 0.29) is 6.10 Å². The third kappa shape index (κ3) is 2.96. The van der Waals surface area contributed by atoms with E-state index in [1.54, 1.807) is 6.92 Å². The van der Waals surface area contributed by atoms with Crippen LogP contribution in [0.5, 0.6) is 5.75 Å². The largest absolute Gasteiger partial charge is 0.491 e. The van der Waals surface area contributed by atoms with Gasteiger partial charge in [0.15, 0.2) is 5.82 Å². The fourth-order valence-electron chi connectivity index (χ4n) is 1.35. The third-order valence-corrected chi connectivity index (χ3v) is 2.06. The van der Waals surface area contributed by atoms with Crippen LogP contribution in [0.25, 0.3) is 11.4 Å². The van der Waals surface area contributed by atoms with E-state index in [1.165, 1.54) is 0 Å². The fraction of sp³-hybridized carbons (Fsp3) is 0.333. The van der Waals surface area contributed by atoms with E-state index in [4.69, 9.17) is 4.74 Å². The summed E-state index contributed by atoms with van der Waals surface area (Å²) < 4.78 is 5.55. The van der Waals surface area contributed by atoms with Crippen molar-refractivity contribution in [1.29, 1.82) is 0 Å². The minimum atomic E-state index is 0.166. The van der Waals surface area contributed by atoms with Gasteiger partial charge >= 0.3 is 0 Å². The third-order valence-electron chi connectivity index (χ3n) is 2.06. The van der Waals surface area contributed by atoms with Crippen molar-refractivity contribution in [3.63, 3.8) is 0 Å². The summed E-state index contributed by atoms with van der Waals surface area (Å²) in [6.07, 6.45) is 0.166. The molecule has 0 amide bonds. The van der Waals surface area contributed by atoms with Crippen molar-refractivity contribution in [2.45, 2.75) is 26.9 Å². The standard InChI is InChI=1S/C12H14N4O/c1-8(2)17-11-6-4-10(5-7-11)12-15-13-9(3)14-16-12/h4-8H,1-3H3. The molecule has 0 spiro atoms. The van der Waals surface area contributed by atoms with E-state index in [9.17, 15) is 0 Å². The summed E-state index contributed by atoms with van der Waals surface area (Å²) in [5.74, 6) is 1.91. The first kappa shape index (κ1) is 11.4. The molecular formula is C12H14N4O. The smallest absolute Gasteiger partial charge is 0.203 e. The van der Waals surface area contributed by atoms with E-state index in [2.05, 4.69) is 20.4 Å². The van der Waals surface area contributed by atoms with Gasteiger partial charge in [0, 0.05) is 5.56 Å². The molecule has 1 heterocycles. The lowest BCUT2D eigenvalue weighted by Crippen LogP contribution is -2.05. The summed E-state index contributed by atoms with van der Waals surface area (Å²) in [5, 5.41) is 15.7. The van der Waals surface area contributed by atoms with Gasteiger partial charge in [0.05, 0.1) is 6.10 Å². The molecule has 0 radical (unpaired) electrons. The van der Waals surface area contributed by atoms with Crippen LogP contribution in [0.2, 0.25) is 0 Å². The van der Waals surface area contributed by atoms with Crippen LogP contribution in [0.4, 0.5) is 0 Å². The van der Waals surface area contributed by atoms with Gasteiger partial charge in [-0.25, -0.2) is 0 Å². The lowest BCUT2D eigenvalue weighted by Gasteiger charge is -2.09. The summed E-state index contributed by atoms with van der Waals surface area (Å²) in [4.78, 5) is 0. The number of ether oxygens (including phenoxy) is 1. The van der Waals surface area contributed by atoms with Gasteiger partial charge in [-0.3, -0.25) is 0 Å². The molecule has 0 bridgehead atoms.